The minimum Gasteiger partial charge on any atom is -0.207 e. The maximum absolute atomic E-state index is 12.6. The fourth-order valence-electron chi connectivity index (χ4n) is 0.879. The highest BCUT2D eigenvalue weighted by Gasteiger charge is 2.09. The van der Waals surface area contributed by atoms with Gasteiger partial charge in [-0.1, -0.05) is 15.9 Å². The molecule has 12 heavy (non-hydrogen) atoms. The summed E-state index contributed by atoms with van der Waals surface area (Å²) in [4.78, 5) is 0. The first-order valence-electron chi connectivity index (χ1n) is 3.27. The molecule has 0 aliphatic rings. The molecule has 0 atom stereocenters. The molecule has 0 aliphatic carbocycles. The highest BCUT2D eigenvalue weighted by atomic mass is 79.9. The van der Waals surface area contributed by atoms with Gasteiger partial charge in [-0.25, -0.2) is 13.2 Å². The molecular formula is C8H6BrF3. The van der Waals surface area contributed by atoms with E-state index >= 15 is 0 Å². The van der Waals surface area contributed by atoms with Crippen molar-refractivity contribution in [3.05, 3.63) is 35.1 Å². The van der Waals surface area contributed by atoms with Gasteiger partial charge in [-0.3, -0.25) is 0 Å². The van der Waals surface area contributed by atoms with E-state index in [4.69, 9.17) is 0 Å². The van der Waals surface area contributed by atoms with Crippen molar-refractivity contribution in [3.8, 4) is 0 Å². The number of rotatable bonds is 2. The van der Waals surface area contributed by atoms with Gasteiger partial charge in [-0.2, -0.15) is 0 Å². The average molecular weight is 239 g/mol. The smallest absolute Gasteiger partial charge is 0.207 e. The van der Waals surface area contributed by atoms with Gasteiger partial charge in [-0.15, -0.1) is 0 Å². The van der Waals surface area contributed by atoms with Gasteiger partial charge in [0.2, 0.25) is 0 Å². The van der Waals surface area contributed by atoms with E-state index in [0.717, 1.165) is 6.07 Å². The molecule has 0 N–H and O–H groups in total. The molecule has 1 rings (SSSR count). The summed E-state index contributed by atoms with van der Waals surface area (Å²) in [6.45, 7) is 0. The minimum atomic E-state index is -2.61. The zero-order chi connectivity index (χ0) is 9.14. The van der Waals surface area contributed by atoms with Crippen LogP contribution in [0.5, 0.6) is 0 Å². The molecule has 0 unspecified atom stereocenters. The van der Waals surface area contributed by atoms with Crippen LogP contribution in [0.3, 0.4) is 0 Å². The molecule has 66 valence electrons. The summed E-state index contributed by atoms with van der Waals surface area (Å²) in [6, 6.07) is 3.35. The van der Waals surface area contributed by atoms with Crippen molar-refractivity contribution in [2.24, 2.45) is 0 Å². The number of benzene rings is 1. The summed E-state index contributed by atoms with van der Waals surface area (Å²) in [5, 5.41) is 0.379. The van der Waals surface area contributed by atoms with Crippen molar-refractivity contribution in [2.45, 2.75) is 11.8 Å². The van der Waals surface area contributed by atoms with Crippen LogP contribution >= 0.6 is 15.9 Å². The molecule has 0 fully saturated rings. The topological polar surface area (TPSA) is 0 Å². The maximum Gasteiger partial charge on any atom is 0.263 e. The zero-order valence-corrected chi connectivity index (χ0v) is 7.61. The lowest BCUT2D eigenvalue weighted by atomic mass is 10.1. The predicted molar refractivity (Wildman–Crippen MR) is 44.0 cm³/mol. The second-order valence-electron chi connectivity index (χ2n) is 2.33. The molecule has 0 saturated heterocycles. The van der Waals surface area contributed by atoms with Gasteiger partial charge in [0, 0.05) is 10.9 Å². The molecule has 0 aromatic heterocycles. The molecule has 0 spiro atoms. The van der Waals surface area contributed by atoms with Crippen molar-refractivity contribution >= 4 is 15.9 Å². The molecule has 0 nitrogen and oxygen atoms in total. The Bertz CT molecular complexity index is 273. The molecule has 0 saturated carbocycles. The van der Waals surface area contributed by atoms with Gasteiger partial charge in [0.15, 0.2) is 0 Å². The molecule has 4 heteroatoms. The normalized spacial score (nSPS) is 10.8. The summed E-state index contributed by atoms with van der Waals surface area (Å²) in [5.41, 5.74) is 0.245. The number of hydrogen-bond acceptors (Lipinski definition) is 0. The van der Waals surface area contributed by atoms with Crippen molar-refractivity contribution in [1.29, 1.82) is 0 Å². The molecular weight excluding hydrogens is 233 g/mol. The number of hydrogen-bond donors (Lipinski definition) is 0. The Balaban J connectivity index is 3.06. The Kier molecular flexibility index (Phi) is 3.14. The number of halogens is 4. The van der Waals surface area contributed by atoms with Gasteiger partial charge in [0.25, 0.3) is 6.43 Å². The molecule has 0 heterocycles. The van der Waals surface area contributed by atoms with Gasteiger partial charge in [0.1, 0.15) is 5.82 Å². The van der Waals surface area contributed by atoms with E-state index < -0.39 is 12.2 Å². The van der Waals surface area contributed by atoms with Crippen LogP contribution in [0.1, 0.15) is 17.6 Å². The monoisotopic (exact) mass is 238 g/mol. The van der Waals surface area contributed by atoms with E-state index in [0.29, 0.717) is 10.9 Å². The Hall–Kier alpha value is -0.510. The largest absolute Gasteiger partial charge is 0.263 e. The molecule has 0 radical (unpaired) electrons. The van der Waals surface area contributed by atoms with Crippen LogP contribution < -0.4 is 0 Å². The van der Waals surface area contributed by atoms with E-state index in [1.54, 1.807) is 0 Å². The lowest BCUT2D eigenvalue weighted by Gasteiger charge is -2.02. The SMILES string of the molecule is Fc1cc(CBr)cc(C(F)F)c1. The molecule has 1 aromatic rings. The summed E-state index contributed by atoms with van der Waals surface area (Å²) in [7, 11) is 0. The first kappa shape index (κ1) is 9.58. The van der Waals surface area contributed by atoms with Crippen LogP contribution in [0.2, 0.25) is 0 Å². The van der Waals surface area contributed by atoms with Gasteiger partial charge in [0.05, 0.1) is 0 Å². The maximum atomic E-state index is 12.6. The average Bonchev–Trinajstić information content (AvgIpc) is 2.03. The fraction of sp³-hybridized carbons (Fsp3) is 0.250. The fourth-order valence-corrected chi connectivity index (χ4v) is 1.20. The third-order valence-corrected chi connectivity index (χ3v) is 2.03. The van der Waals surface area contributed by atoms with Crippen LogP contribution in [0.4, 0.5) is 13.2 Å². The second kappa shape index (κ2) is 3.94. The second-order valence-corrected chi connectivity index (χ2v) is 2.89. The van der Waals surface area contributed by atoms with Crippen molar-refractivity contribution in [3.63, 3.8) is 0 Å². The third kappa shape index (κ3) is 2.24. The van der Waals surface area contributed by atoms with E-state index in [9.17, 15) is 13.2 Å². The summed E-state index contributed by atoms with van der Waals surface area (Å²) in [5.74, 6) is -0.623. The highest BCUT2D eigenvalue weighted by molar-refractivity contribution is 9.08. The standard InChI is InChI=1S/C8H6BrF3/c9-4-5-1-6(8(11)12)3-7(10)2-5/h1-3,8H,4H2. The summed E-state index contributed by atoms with van der Waals surface area (Å²) >= 11 is 3.06. The molecule has 1 aromatic carbocycles. The van der Waals surface area contributed by atoms with Crippen LogP contribution in [-0.2, 0) is 5.33 Å². The van der Waals surface area contributed by atoms with Crippen LogP contribution in [0, 0.1) is 5.82 Å². The van der Waals surface area contributed by atoms with E-state index in [1.165, 1.54) is 12.1 Å². The predicted octanol–water partition coefficient (Wildman–Crippen LogP) is 3.66. The Morgan fingerprint density at radius 1 is 1.25 bits per heavy atom. The molecule has 0 amide bonds. The Morgan fingerprint density at radius 3 is 2.42 bits per heavy atom. The van der Waals surface area contributed by atoms with Gasteiger partial charge >= 0.3 is 0 Å². The van der Waals surface area contributed by atoms with Crippen molar-refractivity contribution in [1.82, 2.24) is 0 Å². The van der Waals surface area contributed by atoms with Gasteiger partial charge in [-0.05, 0) is 23.8 Å². The van der Waals surface area contributed by atoms with Gasteiger partial charge < -0.3 is 0 Å². The van der Waals surface area contributed by atoms with Crippen LogP contribution in [0.25, 0.3) is 0 Å². The molecule has 0 aliphatic heterocycles. The lowest BCUT2D eigenvalue weighted by molar-refractivity contribution is 0.151. The zero-order valence-electron chi connectivity index (χ0n) is 6.03. The van der Waals surface area contributed by atoms with Crippen LogP contribution in [-0.4, -0.2) is 0 Å². The first-order chi connectivity index (χ1) is 5.63. The van der Waals surface area contributed by atoms with E-state index in [1.807, 2.05) is 0 Å². The van der Waals surface area contributed by atoms with E-state index in [-0.39, 0.29) is 5.56 Å². The van der Waals surface area contributed by atoms with E-state index in [2.05, 4.69) is 15.9 Å². The Labute approximate surface area is 76.5 Å². The quantitative estimate of drug-likeness (QED) is 0.691. The molecule has 0 bridgehead atoms. The highest BCUT2D eigenvalue weighted by Crippen LogP contribution is 2.21. The number of alkyl halides is 3. The third-order valence-electron chi connectivity index (χ3n) is 1.39. The minimum absolute atomic E-state index is 0.274. The first-order valence-corrected chi connectivity index (χ1v) is 4.39. The van der Waals surface area contributed by atoms with Crippen molar-refractivity contribution in [2.75, 3.05) is 0 Å². The van der Waals surface area contributed by atoms with Crippen molar-refractivity contribution < 1.29 is 13.2 Å². The van der Waals surface area contributed by atoms with Crippen LogP contribution in [0.15, 0.2) is 18.2 Å². The summed E-state index contributed by atoms with van der Waals surface area (Å²) in [6.07, 6.45) is -2.61. The lowest BCUT2D eigenvalue weighted by Crippen LogP contribution is -1.89. The Morgan fingerprint density at radius 2 is 1.92 bits per heavy atom. The summed E-state index contributed by atoms with van der Waals surface area (Å²) < 4.78 is 36.8.